The molecular formula is C14H21N3OS. The van der Waals surface area contributed by atoms with Crippen LogP contribution in [0.5, 0.6) is 0 Å². The topological polar surface area (TPSA) is 60.2 Å². The summed E-state index contributed by atoms with van der Waals surface area (Å²) in [6, 6.07) is 2.09. The molecule has 104 valence electrons. The van der Waals surface area contributed by atoms with Gasteiger partial charge in [0.05, 0.1) is 17.7 Å². The molecule has 0 aliphatic heterocycles. The lowest BCUT2D eigenvalue weighted by atomic mass is 10.1. The van der Waals surface area contributed by atoms with Crippen molar-refractivity contribution in [3.05, 3.63) is 22.9 Å². The lowest BCUT2D eigenvalue weighted by Gasteiger charge is -2.27. The van der Waals surface area contributed by atoms with Gasteiger partial charge >= 0.3 is 0 Å². The van der Waals surface area contributed by atoms with Crippen molar-refractivity contribution >= 4 is 23.0 Å². The number of ether oxygens (including phenoxy) is 1. The number of thiocarbonyl (C=S) groups is 1. The van der Waals surface area contributed by atoms with Gasteiger partial charge in [-0.1, -0.05) is 12.2 Å². The maximum atomic E-state index is 5.82. The lowest BCUT2D eigenvalue weighted by molar-refractivity contribution is 0.158. The van der Waals surface area contributed by atoms with Gasteiger partial charge in [-0.25, -0.2) is 4.98 Å². The highest BCUT2D eigenvalue weighted by molar-refractivity contribution is 7.80. The van der Waals surface area contributed by atoms with Crippen molar-refractivity contribution in [1.29, 1.82) is 0 Å². The van der Waals surface area contributed by atoms with Crippen molar-refractivity contribution in [3.8, 4) is 0 Å². The molecule has 0 saturated carbocycles. The molecule has 0 aromatic carbocycles. The predicted octanol–water partition coefficient (Wildman–Crippen LogP) is 2.04. The van der Waals surface area contributed by atoms with Crippen molar-refractivity contribution in [2.75, 3.05) is 19.0 Å². The Morgan fingerprint density at radius 2 is 2.26 bits per heavy atom. The summed E-state index contributed by atoms with van der Waals surface area (Å²) in [6.07, 6.45) is 3.26. The number of aromatic nitrogens is 1. The fourth-order valence-electron chi connectivity index (χ4n) is 2.47. The molecule has 0 atom stereocenters. The normalized spacial score (nSPS) is 14.3. The van der Waals surface area contributed by atoms with Gasteiger partial charge in [0.25, 0.3) is 0 Å². The average Bonchev–Trinajstić information content (AvgIpc) is 2.73. The predicted molar refractivity (Wildman–Crippen MR) is 81.7 cm³/mol. The summed E-state index contributed by atoms with van der Waals surface area (Å²) in [4.78, 5) is 5.09. The number of pyridine rings is 1. The van der Waals surface area contributed by atoms with Crippen LogP contribution < -0.4 is 11.1 Å². The van der Waals surface area contributed by atoms with Gasteiger partial charge in [-0.05, 0) is 44.7 Å². The number of fused-ring (bicyclic) bond motifs is 1. The van der Waals surface area contributed by atoms with Gasteiger partial charge in [0, 0.05) is 12.8 Å². The molecule has 0 spiro atoms. The van der Waals surface area contributed by atoms with E-state index in [9.17, 15) is 0 Å². The number of hydrogen-bond acceptors (Lipinski definition) is 4. The first-order valence-corrected chi connectivity index (χ1v) is 6.93. The third kappa shape index (κ3) is 3.22. The number of anilines is 1. The fourth-order valence-corrected chi connectivity index (χ4v) is 2.63. The van der Waals surface area contributed by atoms with Crippen molar-refractivity contribution in [3.63, 3.8) is 0 Å². The summed E-state index contributed by atoms with van der Waals surface area (Å²) in [5.74, 6) is 0.773. The van der Waals surface area contributed by atoms with Gasteiger partial charge in [0.15, 0.2) is 0 Å². The van der Waals surface area contributed by atoms with Gasteiger partial charge in [-0.3, -0.25) is 0 Å². The first-order valence-electron chi connectivity index (χ1n) is 6.52. The number of nitrogens with zero attached hydrogens (tertiary/aromatic N) is 1. The van der Waals surface area contributed by atoms with Crippen LogP contribution >= 0.6 is 12.2 Å². The molecule has 1 aromatic heterocycles. The number of nitrogens with two attached hydrogens (primary N) is 1. The second-order valence-electron chi connectivity index (χ2n) is 5.65. The van der Waals surface area contributed by atoms with Crippen LogP contribution in [0.15, 0.2) is 6.07 Å². The number of aryl methyl sites for hydroxylation is 2. The average molecular weight is 279 g/mol. The Balaban J connectivity index is 2.36. The lowest BCUT2D eigenvalue weighted by Crippen LogP contribution is -2.37. The largest absolute Gasteiger partial charge is 0.389 e. The Labute approximate surface area is 119 Å². The minimum absolute atomic E-state index is 0.214. The second-order valence-corrected chi connectivity index (χ2v) is 6.09. The number of nitrogens with one attached hydrogen (secondary N) is 1. The summed E-state index contributed by atoms with van der Waals surface area (Å²) in [6.45, 7) is 4.71. The summed E-state index contributed by atoms with van der Waals surface area (Å²) in [5.41, 5.74) is 8.88. The molecule has 0 bridgehead atoms. The van der Waals surface area contributed by atoms with Crippen LogP contribution in [0.3, 0.4) is 0 Å². The molecule has 19 heavy (non-hydrogen) atoms. The van der Waals surface area contributed by atoms with Gasteiger partial charge in [-0.15, -0.1) is 0 Å². The summed E-state index contributed by atoms with van der Waals surface area (Å²) in [5, 5.41) is 3.40. The molecule has 2 rings (SSSR count). The highest BCUT2D eigenvalue weighted by atomic mass is 32.1. The van der Waals surface area contributed by atoms with Gasteiger partial charge in [-0.2, -0.15) is 0 Å². The van der Waals surface area contributed by atoms with Gasteiger partial charge in [0.2, 0.25) is 0 Å². The van der Waals surface area contributed by atoms with E-state index in [4.69, 9.17) is 27.7 Å². The van der Waals surface area contributed by atoms with Crippen LogP contribution in [0.1, 0.15) is 37.1 Å². The Hall–Kier alpha value is -1.20. The van der Waals surface area contributed by atoms with E-state index in [-0.39, 0.29) is 5.54 Å². The van der Waals surface area contributed by atoms with Crippen LogP contribution in [-0.4, -0.2) is 29.2 Å². The quantitative estimate of drug-likeness (QED) is 0.808. The molecule has 1 aliphatic rings. The van der Waals surface area contributed by atoms with E-state index in [2.05, 4.69) is 25.2 Å². The molecule has 5 heteroatoms. The highest BCUT2D eigenvalue weighted by Crippen LogP contribution is 2.27. The fraction of sp³-hybridized carbons (Fsp3) is 0.571. The van der Waals surface area contributed by atoms with Gasteiger partial charge < -0.3 is 15.8 Å². The summed E-state index contributed by atoms with van der Waals surface area (Å²) < 4.78 is 5.22. The van der Waals surface area contributed by atoms with Crippen molar-refractivity contribution < 1.29 is 4.74 Å². The first kappa shape index (κ1) is 14.2. The molecular weight excluding hydrogens is 258 g/mol. The van der Waals surface area contributed by atoms with E-state index in [1.807, 2.05) is 0 Å². The van der Waals surface area contributed by atoms with E-state index in [0.29, 0.717) is 11.6 Å². The molecule has 0 fully saturated rings. The number of methoxy groups -OCH3 is 1. The first-order chi connectivity index (χ1) is 8.93. The molecule has 0 saturated heterocycles. The van der Waals surface area contributed by atoms with Crippen LogP contribution in [0.2, 0.25) is 0 Å². The van der Waals surface area contributed by atoms with Crippen molar-refractivity contribution in [2.24, 2.45) is 5.73 Å². The number of hydrogen-bond donors (Lipinski definition) is 2. The minimum atomic E-state index is -0.214. The monoisotopic (exact) mass is 279 g/mol. The zero-order valence-corrected chi connectivity index (χ0v) is 12.6. The third-order valence-corrected chi connectivity index (χ3v) is 3.50. The molecule has 3 N–H and O–H groups in total. The highest BCUT2D eigenvalue weighted by Gasteiger charge is 2.23. The molecule has 4 nitrogen and oxygen atoms in total. The molecule has 0 radical (unpaired) electrons. The van der Waals surface area contributed by atoms with Crippen molar-refractivity contribution in [2.45, 2.75) is 38.6 Å². The van der Waals surface area contributed by atoms with E-state index in [1.165, 1.54) is 5.56 Å². The van der Waals surface area contributed by atoms with Crippen LogP contribution in [-0.2, 0) is 17.6 Å². The van der Waals surface area contributed by atoms with Crippen LogP contribution in [0.25, 0.3) is 0 Å². The molecule has 0 amide bonds. The van der Waals surface area contributed by atoms with Crippen molar-refractivity contribution in [1.82, 2.24) is 4.98 Å². The Kier molecular flexibility index (Phi) is 4.06. The van der Waals surface area contributed by atoms with E-state index < -0.39 is 0 Å². The summed E-state index contributed by atoms with van der Waals surface area (Å²) in [7, 11) is 1.69. The molecule has 1 aliphatic carbocycles. The Bertz CT molecular complexity index is 500. The maximum Gasteiger partial charge on any atom is 0.137 e. The smallest absolute Gasteiger partial charge is 0.137 e. The Morgan fingerprint density at radius 1 is 1.53 bits per heavy atom. The SMILES string of the molecule is COCC(C)(C)Nc1nc2c(cc1C(N)=S)CCC2. The Morgan fingerprint density at radius 3 is 2.89 bits per heavy atom. The molecule has 1 heterocycles. The summed E-state index contributed by atoms with van der Waals surface area (Å²) >= 11 is 5.14. The third-order valence-electron chi connectivity index (χ3n) is 3.28. The molecule has 1 aromatic rings. The van der Waals surface area contributed by atoms with E-state index >= 15 is 0 Å². The van der Waals surface area contributed by atoms with Crippen LogP contribution in [0, 0.1) is 0 Å². The molecule has 0 unspecified atom stereocenters. The number of rotatable bonds is 5. The van der Waals surface area contributed by atoms with Crippen LogP contribution in [0.4, 0.5) is 5.82 Å². The second kappa shape index (κ2) is 5.43. The minimum Gasteiger partial charge on any atom is -0.389 e. The van der Waals surface area contributed by atoms with E-state index in [1.54, 1.807) is 7.11 Å². The maximum absolute atomic E-state index is 5.82. The zero-order chi connectivity index (χ0) is 14.0. The van der Waals surface area contributed by atoms with E-state index in [0.717, 1.165) is 36.3 Å². The standard InChI is InChI=1S/C14H21N3OS/c1-14(2,8-18-3)17-13-10(12(15)19)7-9-5-4-6-11(9)16-13/h7H,4-6,8H2,1-3H3,(H2,15,19)(H,16,17). The van der Waals surface area contributed by atoms with Gasteiger partial charge in [0.1, 0.15) is 10.8 Å². The zero-order valence-electron chi connectivity index (χ0n) is 11.7.